The van der Waals surface area contributed by atoms with Crippen molar-refractivity contribution in [3.8, 4) is 0 Å². The van der Waals surface area contributed by atoms with Crippen LogP contribution in [0.1, 0.15) is 40.3 Å². The fourth-order valence-electron chi connectivity index (χ4n) is 2.91. The van der Waals surface area contributed by atoms with Crippen LogP contribution in [0.4, 0.5) is 0 Å². The second-order valence-corrected chi connectivity index (χ2v) is 5.37. The first-order valence-electron chi connectivity index (χ1n) is 7.27. The van der Waals surface area contributed by atoms with Crippen molar-refractivity contribution in [1.82, 2.24) is 25.1 Å². The van der Waals surface area contributed by atoms with Gasteiger partial charge < -0.3 is 14.2 Å². The van der Waals surface area contributed by atoms with Crippen LogP contribution in [0, 0.1) is 6.92 Å². The summed E-state index contributed by atoms with van der Waals surface area (Å²) < 4.78 is 12.2. The van der Waals surface area contributed by atoms with Crippen LogP contribution in [0.25, 0.3) is 0 Å². The second-order valence-electron chi connectivity index (χ2n) is 5.37. The van der Waals surface area contributed by atoms with Crippen molar-refractivity contribution < 1.29 is 14.1 Å². The van der Waals surface area contributed by atoms with Gasteiger partial charge in [-0.05, 0) is 13.8 Å². The van der Waals surface area contributed by atoms with Crippen molar-refractivity contribution in [1.29, 1.82) is 0 Å². The van der Waals surface area contributed by atoms with Crippen LogP contribution < -0.4 is 0 Å². The molecule has 8 nitrogen and oxygen atoms in total. The highest BCUT2D eigenvalue weighted by Crippen LogP contribution is 2.28. The maximum Gasteiger partial charge on any atom is 0.259 e. The minimum atomic E-state index is -0.100. The molecule has 1 unspecified atom stereocenters. The quantitative estimate of drug-likeness (QED) is 0.837. The van der Waals surface area contributed by atoms with Crippen molar-refractivity contribution in [3.63, 3.8) is 0 Å². The number of nitrogens with zero attached hydrogens (tertiary/aromatic N) is 5. The molecule has 2 aromatic rings. The van der Waals surface area contributed by atoms with Gasteiger partial charge >= 0.3 is 0 Å². The number of ether oxygens (including phenoxy) is 1. The molecule has 0 aromatic carbocycles. The van der Waals surface area contributed by atoms with Gasteiger partial charge in [0.15, 0.2) is 0 Å². The predicted molar refractivity (Wildman–Crippen MR) is 76.3 cm³/mol. The number of rotatable bonds is 4. The molecule has 0 bridgehead atoms. The first kappa shape index (κ1) is 14.7. The fraction of sp³-hybridized carbons (Fsp3) is 0.571. The van der Waals surface area contributed by atoms with Gasteiger partial charge in [0.2, 0.25) is 0 Å². The van der Waals surface area contributed by atoms with E-state index in [9.17, 15) is 4.79 Å². The van der Waals surface area contributed by atoms with E-state index in [1.54, 1.807) is 18.9 Å². The molecule has 8 heteroatoms. The van der Waals surface area contributed by atoms with Gasteiger partial charge in [-0.2, -0.15) is 0 Å². The highest BCUT2D eigenvalue weighted by molar-refractivity contribution is 5.94. The molecule has 118 valence electrons. The molecule has 1 aliphatic heterocycles. The van der Waals surface area contributed by atoms with Gasteiger partial charge in [-0.3, -0.25) is 4.79 Å². The second kappa shape index (κ2) is 5.88. The Labute approximate surface area is 128 Å². The molecule has 1 atom stereocenters. The summed E-state index contributed by atoms with van der Waals surface area (Å²) in [6, 6.07) is 0. The van der Waals surface area contributed by atoms with E-state index in [1.807, 2.05) is 11.6 Å². The largest absolute Gasteiger partial charge is 0.384 e. The first-order valence-corrected chi connectivity index (χ1v) is 7.27. The molecule has 0 saturated heterocycles. The van der Waals surface area contributed by atoms with Crippen LogP contribution in [0.15, 0.2) is 10.7 Å². The zero-order valence-electron chi connectivity index (χ0n) is 12.9. The van der Waals surface area contributed by atoms with E-state index in [0.717, 1.165) is 17.9 Å². The number of fused-ring (bicyclic) bond motifs is 1. The minimum absolute atomic E-state index is 0.0628. The van der Waals surface area contributed by atoms with E-state index in [2.05, 4.69) is 15.5 Å². The molecule has 0 saturated carbocycles. The van der Waals surface area contributed by atoms with Crippen LogP contribution in [-0.2, 0) is 17.8 Å². The van der Waals surface area contributed by atoms with Crippen LogP contribution in [0.5, 0.6) is 0 Å². The van der Waals surface area contributed by atoms with Gasteiger partial charge in [0.05, 0.1) is 25.0 Å². The monoisotopic (exact) mass is 305 g/mol. The van der Waals surface area contributed by atoms with E-state index in [4.69, 9.17) is 9.26 Å². The third-order valence-corrected chi connectivity index (χ3v) is 3.95. The Morgan fingerprint density at radius 2 is 2.36 bits per heavy atom. The van der Waals surface area contributed by atoms with Gasteiger partial charge in [0, 0.05) is 26.1 Å². The number of hydrogen-bond donors (Lipinski definition) is 0. The Kier molecular flexibility index (Phi) is 3.93. The van der Waals surface area contributed by atoms with E-state index in [-0.39, 0.29) is 11.8 Å². The summed E-state index contributed by atoms with van der Waals surface area (Å²) in [4.78, 5) is 14.4. The summed E-state index contributed by atoms with van der Waals surface area (Å²) >= 11 is 0. The van der Waals surface area contributed by atoms with Crippen molar-refractivity contribution in [2.45, 2.75) is 32.9 Å². The average molecular weight is 305 g/mol. The zero-order chi connectivity index (χ0) is 15.7. The summed E-state index contributed by atoms with van der Waals surface area (Å²) in [7, 11) is 1.66. The summed E-state index contributed by atoms with van der Waals surface area (Å²) in [6.07, 6.45) is 1.46. The van der Waals surface area contributed by atoms with Crippen LogP contribution in [0.3, 0.4) is 0 Å². The highest BCUT2D eigenvalue weighted by Gasteiger charge is 2.34. The summed E-state index contributed by atoms with van der Waals surface area (Å²) in [5.41, 5.74) is 2.38. The molecular formula is C14H19N5O3. The van der Waals surface area contributed by atoms with Crippen molar-refractivity contribution in [2.24, 2.45) is 0 Å². The maximum atomic E-state index is 12.6. The van der Waals surface area contributed by atoms with Gasteiger partial charge in [0.1, 0.15) is 17.0 Å². The first-order chi connectivity index (χ1) is 10.7. The molecule has 0 fully saturated rings. The van der Waals surface area contributed by atoms with Gasteiger partial charge in [-0.1, -0.05) is 10.4 Å². The Hall–Kier alpha value is -2.22. The average Bonchev–Trinajstić information content (AvgIpc) is 3.12. The molecule has 2 aromatic heterocycles. The van der Waals surface area contributed by atoms with E-state index in [1.165, 1.54) is 6.20 Å². The van der Waals surface area contributed by atoms with Crippen molar-refractivity contribution >= 4 is 5.91 Å². The van der Waals surface area contributed by atoms with Crippen LogP contribution in [-0.4, -0.2) is 51.2 Å². The summed E-state index contributed by atoms with van der Waals surface area (Å²) in [5.74, 6) is 0.487. The van der Waals surface area contributed by atoms with Gasteiger partial charge in [-0.15, -0.1) is 5.10 Å². The van der Waals surface area contributed by atoms with Crippen molar-refractivity contribution in [3.05, 3.63) is 28.9 Å². The number of carbonyl (C=O) groups is 1. The van der Waals surface area contributed by atoms with Crippen LogP contribution >= 0.6 is 0 Å². The lowest BCUT2D eigenvalue weighted by Crippen LogP contribution is -2.40. The summed E-state index contributed by atoms with van der Waals surface area (Å²) in [5, 5.41) is 12.1. The van der Waals surface area contributed by atoms with E-state index in [0.29, 0.717) is 31.0 Å². The molecule has 0 N–H and O–H groups in total. The summed E-state index contributed by atoms with van der Waals surface area (Å²) in [6.45, 7) is 6.04. The minimum Gasteiger partial charge on any atom is -0.384 e. The standard InChI is InChI=1S/C14H19N5O3/c1-4-19-13-10(8-21-3)6-18(7-12(13)16-17-19)14(20)11-5-15-22-9(11)2/h5,10H,4,6-8H2,1-3H3. The molecule has 3 heterocycles. The molecule has 0 spiro atoms. The number of carbonyl (C=O) groups excluding carboxylic acids is 1. The number of methoxy groups -OCH3 is 1. The topological polar surface area (TPSA) is 86.3 Å². The van der Waals surface area contributed by atoms with Crippen molar-refractivity contribution in [2.75, 3.05) is 20.3 Å². The third kappa shape index (κ3) is 2.39. The zero-order valence-corrected chi connectivity index (χ0v) is 12.9. The SMILES string of the molecule is CCn1nnc2c1C(COC)CN(C(=O)c1cnoc1C)C2. The normalized spacial score (nSPS) is 17.6. The molecular weight excluding hydrogens is 286 g/mol. The Bertz CT molecular complexity index is 678. The Morgan fingerprint density at radius 3 is 3.00 bits per heavy atom. The lowest BCUT2D eigenvalue weighted by molar-refractivity contribution is 0.0671. The van der Waals surface area contributed by atoms with E-state index < -0.39 is 0 Å². The molecule has 0 aliphatic carbocycles. The van der Waals surface area contributed by atoms with E-state index >= 15 is 0 Å². The predicted octanol–water partition coefficient (Wildman–Crippen LogP) is 0.980. The number of amides is 1. The molecule has 22 heavy (non-hydrogen) atoms. The molecule has 1 aliphatic rings. The Balaban J connectivity index is 1.90. The smallest absolute Gasteiger partial charge is 0.259 e. The van der Waals surface area contributed by atoms with Gasteiger partial charge in [-0.25, -0.2) is 4.68 Å². The lowest BCUT2D eigenvalue weighted by atomic mass is 9.98. The van der Waals surface area contributed by atoms with Crippen LogP contribution in [0.2, 0.25) is 0 Å². The number of aromatic nitrogens is 4. The molecule has 1 amide bonds. The number of aryl methyl sites for hydroxylation is 2. The Morgan fingerprint density at radius 1 is 1.55 bits per heavy atom. The lowest BCUT2D eigenvalue weighted by Gasteiger charge is -2.32. The maximum absolute atomic E-state index is 12.6. The van der Waals surface area contributed by atoms with Gasteiger partial charge in [0.25, 0.3) is 5.91 Å². The third-order valence-electron chi connectivity index (χ3n) is 3.95. The fourth-order valence-corrected chi connectivity index (χ4v) is 2.91. The molecule has 0 radical (unpaired) electrons. The highest BCUT2D eigenvalue weighted by atomic mass is 16.5. The molecule has 3 rings (SSSR count). The number of hydrogen-bond acceptors (Lipinski definition) is 6.